The summed E-state index contributed by atoms with van der Waals surface area (Å²) in [5.41, 5.74) is 5.21. The molecule has 0 saturated heterocycles. The van der Waals surface area contributed by atoms with E-state index < -0.39 is 12.5 Å². The zero-order valence-electron chi connectivity index (χ0n) is 9.03. The summed E-state index contributed by atoms with van der Waals surface area (Å²) < 4.78 is 35.8. The first-order valence-corrected chi connectivity index (χ1v) is 5.23. The van der Waals surface area contributed by atoms with Crippen molar-refractivity contribution in [3.8, 4) is 11.5 Å². The van der Waals surface area contributed by atoms with Gasteiger partial charge in [0.15, 0.2) is 11.5 Å². The average molecular weight is 245 g/mol. The van der Waals surface area contributed by atoms with Crippen molar-refractivity contribution in [2.45, 2.75) is 19.0 Å². The van der Waals surface area contributed by atoms with Crippen molar-refractivity contribution in [3.05, 3.63) is 23.3 Å². The van der Waals surface area contributed by atoms with E-state index in [2.05, 4.69) is 0 Å². The summed E-state index contributed by atoms with van der Waals surface area (Å²) in [5.74, 6) is 0.657. The summed E-state index contributed by atoms with van der Waals surface area (Å²) in [6.45, 7) is 0.229. The highest BCUT2D eigenvalue weighted by molar-refractivity contribution is 5.49. The number of rotatable bonds is 4. The third kappa shape index (κ3) is 2.32. The standard InChI is InChI=1S/C11H13F2NO3/c12-11(13)7-4-10-9(16-5-17-10)3-6(7)8(15)1-2-14/h3-4,8,11,15H,1-2,5,14H2. The highest BCUT2D eigenvalue weighted by atomic mass is 19.3. The van der Waals surface area contributed by atoms with Crippen molar-refractivity contribution in [3.63, 3.8) is 0 Å². The van der Waals surface area contributed by atoms with Gasteiger partial charge in [-0.25, -0.2) is 8.78 Å². The van der Waals surface area contributed by atoms with Crippen LogP contribution in [0.2, 0.25) is 0 Å². The molecule has 0 fully saturated rings. The molecular weight excluding hydrogens is 232 g/mol. The topological polar surface area (TPSA) is 64.7 Å². The molecule has 0 saturated carbocycles. The molecule has 1 aromatic carbocycles. The van der Waals surface area contributed by atoms with E-state index in [4.69, 9.17) is 15.2 Å². The van der Waals surface area contributed by atoms with Crippen LogP contribution in [0.25, 0.3) is 0 Å². The molecule has 1 aromatic rings. The van der Waals surface area contributed by atoms with Crippen LogP contribution in [0.3, 0.4) is 0 Å². The van der Waals surface area contributed by atoms with Crippen LogP contribution in [0.15, 0.2) is 12.1 Å². The second-order valence-electron chi connectivity index (χ2n) is 3.73. The van der Waals surface area contributed by atoms with Gasteiger partial charge < -0.3 is 20.3 Å². The highest BCUT2D eigenvalue weighted by Crippen LogP contribution is 2.40. The Bertz CT molecular complexity index is 412. The predicted octanol–water partition coefficient (Wildman–Crippen LogP) is 1.74. The van der Waals surface area contributed by atoms with Gasteiger partial charge in [-0.05, 0) is 30.7 Å². The van der Waals surface area contributed by atoms with Gasteiger partial charge >= 0.3 is 0 Å². The third-order valence-electron chi connectivity index (χ3n) is 2.61. The van der Waals surface area contributed by atoms with Gasteiger partial charge in [0.2, 0.25) is 6.79 Å². The van der Waals surface area contributed by atoms with E-state index in [9.17, 15) is 13.9 Å². The Labute approximate surface area is 96.9 Å². The highest BCUT2D eigenvalue weighted by Gasteiger charge is 2.24. The zero-order valence-corrected chi connectivity index (χ0v) is 9.03. The van der Waals surface area contributed by atoms with Crippen LogP contribution in [0.5, 0.6) is 11.5 Å². The molecule has 0 bridgehead atoms. The van der Waals surface area contributed by atoms with Gasteiger partial charge in [0.1, 0.15) is 0 Å². The minimum Gasteiger partial charge on any atom is -0.454 e. The SMILES string of the molecule is NCCC(O)c1cc2c(cc1C(F)F)OCO2. The monoisotopic (exact) mass is 245 g/mol. The molecule has 1 heterocycles. The first kappa shape index (κ1) is 12.1. The maximum absolute atomic E-state index is 12.9. The Balaban J connectivity index is 2.41. The van der Waals surface area contributed by atoms with Gasteiger partial charge in [-0.15, -0.1) is 0 Å². The number of halogens is 2. The largest absolute Gasteiger partial charge is 0.454 e. The molecule has 0 aliphatic carbocycles. The first-order chi connectivity index (χ1) is 8.13. The van der Waals surface area contributed by atoms with Gasteiger partial charge in [-0.1, -0.05) is 0 Å². The Morgan fingerprint density at radius 1 is 1.24 bits per heavy atom. The van der Waals surface area contributed by atoms with Gasteiger partial charge in [-0.2, -0.15) is 0 Å². The zero-order chi connectivity index (χ0) is 12.4. The van der Waals surface area contributed by atoms with E-state index in [1.54, 1.807) is 0 Å². The van der Waals surface area contributed by atoms with Crippen molar-refractivity contribution in [1.82, 2.24) is 0 Å². The predicted molar refractivity (Wildman–Crippen MR) is 56.2 cm³/mol. The fourth-order valence-corrected chi connectivity index (χ4v) is 1.76. The molecule has 0 amide bonds. The molecule has 0 aromatic heterocycles. The van der Waals surface area contributed by atoms with Crippen molar-refractivity contribution >= 4 is 0 Å². The molecular formula is C11H13F2NO3. The van der Waals surface area contributed by atoms with Crippen molar-refractivity contribution in [2.24, 2.45) is 5.73 Å². The first-order valence-electron chi connectivity index (χ1n) is 5.23. The van der Waals surface area contributed by atoms with E-state index >= 15 is 0 Å². The smallest absolute Gasteiger partial charge is 0.264 e. The summed E-state index contributed by atoms with van der Waals surface area (Å²) in [6, 6.07) is 2.60. The van der Waals surface area contributed by atoms with E-state index in [1.807, 2.05) is 0 Å². The van der Waals surface area contributed by atoms with E-state index in [0.717, 1.165) is 0 Å². The lowest BCUT2D eigenvalue weighted by Gasteiger charge is -2.15. The number of fused-ring (bicyclic) bond motifs is 1. The maximum Gasteiger partial charge on any atom is 0.264 e. The van der Waals surface area contributed by atoms with Crippen LogP contribution >= 0.6 is 0 Å². The van der Waals surface area contributed by atoms with Crippen LogP contribution in [0.4, 0.5) is 8.78 Å². The van der Waals surface area contributed by atoms with Crippen LogP contribution < -0.4 is 15.2 Å². The molecule has 1 aliphatic rings. The number of alkyl halides is 2. The summed E-state index contributed by atoms with van der Waals surface area (Å²) in [5, 5.41) is 9.77. The van der Waals surface area contributed by atoms with Gasteiger partial charge in [-0.3, -0.25) is 0 Å². The Morgan fingerprint density at radius 2 is 1.82 bits per heavy atom. The van der Waals surface area contributed by atoms with Crippen LogP contribution in [-0.2, 0) is 0 Å². The minimum absolute atomic E-state index is 0.00838. The number of ether oxygens (including phenoxy) is 2. The molecule has 6 heteroatoms. The summed E-state index contributed by atoms with van der Waals surface area (Å²) in [6.07, 6.45) is -3.47. The average Bonchev–Trinajstić information content (AvgIpc) is 2.74. The van der Waals surface area contributed by atoms with Gasteiger partial charge in [0.25, 0.3) is 6.43 Å². The molecule has 3 N–H and O–H groups in total. The van der Waals surface area contributed by atoms with Crippen molar-refractivity contribution < 1.29 is 23.4 Å². The van der Waals surface area contributed by atoms with Gasteiger partial charge in [0.05, 0.1) is 6.10 Å². The Kier molecular flexibility index (Phi) is 3.44. The quantitative estimate of drug-likeness (QED) is 0.848. The number of hydrogen-bond acceptors (Lipinski definition) is 4. The lowest BCUT2D eigenvalue weighted by molar-refractivity contribution is 0.133. The number of nitrogens with two attached hydrogens (primary N) is 1. The van der Waals surface area contributed by atoms with E-state index in [1.165, 1.54) is 12.1 Å². The lowest BCUT2D eigenvalue weighted by Crippen LogP contribution is -2.09. The number of hydrogen-bond donors (Lipinski definition) is 2. The summed E-state index contributed by atoms with van der Waals surface area (Å²) >= 11 is 0. The maximum atomic E-state index is 12.9. The molecule has 0 radical (unpaired) electrons. The molecule has 4 nitrogen and oxygen atoms in total. The van der Waals surface area contributed by atoms with Gasteiger partial charge in [0, 0.05) is 5.56 Å². The molecule has 17 heavy (non-hydrogen) atoms. The number of benzene rings is 1. The minimum atomic E-state index is -2.67. The lowest BCUT2D eigenvalue weighted by atomic mass is 9.99. The molecule has 94 valence electrons. The second-order valence-corrected chi connectivity index (χ2v) is 3.73. The molecule has 1 atom stereocenters. The van der Waals surface area contributed by atoms with Crippen molar-refractivity contribution in [2.75, 3.05) is 13.3 Å². The molecule has 1 aliphatic heterocycles. The molecule has 0 spiro atoms. The summed E-state index contributed by atoms with van der Waals surface area (Å²) in [7, 11) is 0. The number of aliphatic hydroxyl groups is 1. The Hall–Kier alpha value is -1.40. The van der Waals surface area contributed by atoms with E-state index in [0.29, 0.717) is 5.75 Å². The van der Waals surface area contributed by atoms with Crippen molar-refractivity contribution in [1.29, 1.82) is 0 Å². The van der Waals surface area contributed by atoms with Crippen LogP contribution in [0, 0.1) is 0 Å². The van der Waals surface area contributed by atoms with Crippen LogP contribution in [0.1, 0.15) is 30.1 Å². The second kappa shape index (κ2) is 4.85. The fraction of sp³-hybridized carbons (Fsp3) is 0.455. The molecule has 1 unspecified atom stereocenters. The summed E-state index contributed by atoms with van der Waals surface area (Å²) in [4.78, 5) is 0. The third-order valence-corrected chi connectivity index (χ3v) is 2.61. The molecule has 2 rings (SSSR count). The Morgan fingerprint density at radius 3 is 2.35 bits per heavy atom. The fourth-order valence-electron chi connectivity index (χ4n) is 1.76. The normalized spacial score (nSPS) is 15.4. The van der Waals surface area contributed by atoms with Crippen LogP contribution in [-0.4, -0.2) is 18.4 Å². The van der Waals surface area contributed by atoms with E-state index in [-0.39, 0.29) is 36.6 Å². The number of aliphatic hydroxyl groups excluding tert-OH is 1.